The maximum atomic E-state index is 11.4. The standard InChI is InChI=1S/C25H27N7O4/c1-16-21(36-18-7-5-6-17(12-18)25(33)34)9-8-19(28-16)24-20(31(2)30-29-24)14-35-23-13-22(26-15-27-23)32-10-3-4-11-32/h3-4,8-11,13,15,17-18H,5-7,12,14H2,1-2H3,(H,33,34)/t17-,18-/m0/s1. The van der Waals surface area contributed by atoms with Crippen molar-refractivity contribution in [1.29, 1.82) is 0 Å². The van der Waals surface area contributed by atoms with Crippen LogP contribution in [0.15, 0.2) is 49.1 Å². The number of aromatic nitrogens is 7. The Balaban J connectivity index is 1.30. The molecule has 186 valence electrons. The number of nitrogens with zero attached hydrogens (tertiary/aromatic N) is 7. The highest BCUT2D eigenvalue weighted by atomic mass is 16.5. The fourth-order valence-electron chi connectivity index (χ4n) is 4.38. The predicted octanol–water partition coefficient (Wildman–Crippen LogP) is 3.37. The molecule has 1 aliphatic carbocycles. The van der Waals surface area contributed by atoms with Crippen LogP contribution in [-0.4, -0.2) is 51.7 Å². The Morgan fingerprint density at radius 3 is 2.81 bits per heavy atom. The zero-order valence-corrected chi connectivity index (χ0v) is 20.1. The van der Waals surface area contributed by atoms with Gasteiger partial charge < -0.3 is 19.1 Å². The molecule has 0 unspecified atom stereocenters. The third-order valence-corrected chi connectivity index (χ3v) is 6.35. The van der Waals surface area contributed by atoms with Gasteiger partial charge in [0.15, 0.2) is 0 Å². The number of rotatable bonds is 8. The first-order valence-corrected chi connectivity index (χ1v) is 11.8. The first-order valence-electron chi connectivity index (χ1n) is 11.8. The lowest BCUT2D eigenvalue weighted by molar-refractivity contribution is -0.143. The average Bonchev–Trinajstić information content (AvgIpc) is 3.55. The number of carboxylic acids is 1. The molecule has 4 aromatic heterocycles. The zero-order chi connectivity index (χ0) is 25.1. The number of aryl methyl sites for hydroxylation is 2. The molecule has 1 aliphatic rings. The van der Waals surface area contributed by atoms with Crippen LogP contribution in [0.5, 0.6) is 11.6 Å². The topological polar surface area (TPSA) is 130 Å². The summed E-state index contributed by atoms with van der Waals surface area (Å²) in [7, 11) is 1.80. The van der Waals surface area contributed by atoms with E-state index in [2.05, 4.69) is 20.3 Å². The van der Waals surface area contributed by atoms with Gasteiger partial charge in [0.25, 0.3) is 0 Å². The van der Waals surface area contributed by atoms with Crippen molar-refractivity contribution in [2.24, 2.45) is 13.0 Å². The summed E-state index contributed by atoms with van der Waals surface area (Å²) in [6.45, 7) is 2.06. The molecule has 2 atom stereocenters. The van der Waals surface area contributed by atoms with Gasteiger partial charge in [0.2, 0.25) is 5.88 Å². The van der Waals surface area contributed by atoms with E-state index in [0.29, 0.717) is 47.4 Å². The number of carbonyl (C=O) groups is 1. The van der Waals surface area contributed by atoms with Gasteiger partial charge in [-0.3, -0.25) is 4.79 Å². The third-order valence-electron chi connectivity index (χ3n) is 6.35. The van der Waals surface area contributed by atoms with Gasteiger partial charge in [0, 0.05) is 25.5 Å². The van der Waals surface area contributed by atoms with E-state index in [1.54, 1.807) is 17.8 Å². The molecule has 1 saturated carbocycles. The molecule has 1 N–H and O–H groups in total. The van der Waals surface area contributed by atoms with Crippen molar-refractivity contribution in [3.8, 4) is 28.8 Å². The Labute approximate surface area is 207 Å². The van der Waals surface area contributed by atoms with Crippen LogP contribution in [0.4, 0.5) is 0 Å². The molecule has 0 amide bonds. The molecule has 36 heavy (non-hydrogen) atoms. The van der Waals surface area contributed by atoms with E-state index in [4.69, 9.17) is 14.5 Å². The van der Waals surface area contributed by atoms with Gasteiger partial charge in [0.05, 0.1) is 23.4 Å². The van der Waals surface area contributed by atoms with Crippen molar-refractivity contribution in [3.63, 3.8) is 0 Å². The Morgan fingerprint density at radius 2 is 2.03 bits per heavy atom. The van der Waals surface area contributed by atoms with E-state index in [1.807, 2.05) is 48.1 Å². The number of carboxylic acid groups (broad SMARTS) is 1. The molecule has 11 nitrogen and oxygen atoms in total. The first kappa shape index (κ1) is 23.5. The summed E-state index contributed by atoms with van der Waals surface area (Å²) < 4.78 is 15.6. The maximum Gasteiger partial charge on any atom is 0.306 e. The van der Waals surface area contributed by atoms with Crippen LogP contribution in [0.3, 0.4) is 0 Å². The summed E-state index contributed by atoms with van der Waals surface area (Å²) in [5.41, 5.74) is 2.70. The van der Waals surface area contributed by atoms with Gasteiger partial charge in [-0.25, -0.2) is 19.6 Å². The van der Waals surface area contributed by atoms with Crippen molar-refractivity contribution in [2.45, 2.75) is 45.3 Å². The van der Waals surface area contributed by atoms with Crippen molar-refractivity contribution in [3.05, 3.63) is 60.4 Å². The van der Waals surface area contributed by atoms with Crippen molar-refractivity contribution < 1.29 is 19.4 Å². The molecule has 0 saturated heterocycles. The second kappa shape index (κ2) is 10.1. The second-order valence-corrected chi connectivity index (χ2v) is 8.82. The van der Waals surface area contributed by atoms with E-state index < -0.39 is 5.97 Å². The summed E-state index contributed by atoms with van der Waals surface area (Å²) in [4.78, 5) is 24.6. The van der Waals surface area contributed by atoms with Crippen molar-refractivity contribution >= 4 is 5.97 Å². The van der Waals surface area contributed by atoms with E-state index in [1.165, 1.54) is 6.33 Å². The highest BCUT2D eigenvalue weighted by molar-refractivity contribution is 5.70. The number of hydrogen-bond donors (Lipinski definition) is 1. The van der Waals surface area contributed by atoms with Gasteiger partial charge in [-0.05, 0) is 56.9 Å². The van der Waals surface area contributed by atoms with Gasteiger partial charge in [-0.1, -0.05) is 5.21 Å². The van der Waals surface area contributed by atoms with Crippen LogP contribution < -0.4 is 9.47 Å². The van der Waals surface area contributed by atoms with E-state index in [-0.39, 0.29) is 18.6 Å². The molecule has 4 heterocycles. The minimum Gasteiger partial charge on any atom is -0.489 e. The first-order chi connectivity index (χ1) is 17.5. The SMILES string of the molecule is Cc1nc(-c2nnn(C)c2COc2cc(-n3cccc3)ncn2)ccc1O[C@H]1CCC[C@H](C(=O)O)C1. The van der Waals surface area contributed by atoms with Crippen LogP contribution in [0.1, 0.15) is 37.1 Å². The Kier molecular flexibility index (Phi) is 6.61. The summed E-state index contributed by atoms with van der Waals surface area (Å²) in [5.74, 6) is 0.672. The molecular formula is C25H27N7O4. The molecule has 0 spiro atoms. The molecule has 1 fully saturated rings. The molecule has 0 aliphatic heterocycles. The number of pyridine rings is 1. The summed E-state index contributed by atoms with van der Waals surface area (Å²) in [5, 5.41) is 17.8. The minimum absolute atomic E-state index is 0.129. The summed E-state index contributed by atoms with van der Waals surface area (Å²) in [6, 6.07) is 9.29. The van der Waals surface area contributed by atoms with E-state index >= 15 is 0 Å². The van der Waals surface area contributed by atoms with Crippen molar-refractivity contribution in [1.82, 2.24) is 34.5 Å². The minimum atomic E-state index is -0.756. The quantitative estimate of drug-likeness (QED) is 0.396. The number of aliphatic carboxylic acids is 1. The molecule has 4 aromatic rings. The molecular weight excluding hydrogens is 462 g/mol. The number of hydrogen-bond acceptors (Lipinski definition) is 8. The molecule has 5 rings (SSSR count). The third kappa shape index (κ3) is 5.04. The summed E-state index contributed by atoms with van der Waals surface area (Å²) >= 11 is 0. The normalized spacial score (nSPS) is 17.6. The maximum absolute atomic E-state index is 11.4. The van der Waals surface area contributed by atoms with Gasteiger partial charge in [-0.15, -0.1) is 5.10 Å². The highest BCUT2D eigenvalue weighted by Crippen LogP contribution is 2.30. The van der Waals surface area contributed by atoms with Gasteiger partial charge >= 0.3 is 5.97 Å². The van der Waals surface area contributed by atoms with Crippen LogP contribution in [0.2, 0.25) is 0 Å². The highest BCUT2D eigenvalue weighted by Gasteiger charge is 2.28. The lowest BCUT2D eigenvalue weighted by Crippen LogP contribution is -2.29. The van der Waals surface area contributed by atoms with Crippen molar-refractivity contribution in [2.75, 3.05) is 0 Å². The molecule has 11 heteroatoms. The largest absolute Gasteiger partial charge is 0.489 e. The molecule has 0 bridgehead atoms. The fraction of sp³-hybridized carbons (Fsp3) is 0.360. The zero-order valence-electron chi connectivity index (χ0n) is 20.1. The molecule has 0 radical (unpaired) electrons. The lowest BCUT2D eigenvalue weighted by atomic mass is 9.87. The predicted molar refractivity (Wildman–Crippen MR) is 129 cm³/mol. The summed E-state index contributed by atoms with van der Waals surface area (Å²) in [6.07, 6.45) is 8.02. The van der Waals surface area contributed by atoms with Crippen LogP contribution in [0.25, 0.3) is 17.2 Å². The average molecular weight is 490 g/mol. The Bertz CT molecular complexity index is 1350. The van der Waals surface area contributed by atoms with Crippen LogP contribution >= 0.6 is 0 Å². The second-order valence-electron chi connectivity index (χ2n) is 8.82. The number of ether oxygens (including phenoxy) is 2. The van der Waals surface area contributed by atoms with E-state index in [0.717, 1.165) is 18.5 Å². The lowest BCUT2D eigenvalue weighted by Gasteiger charge is -2.27. The Hall–Kier alpha value is -4.28. The fourth-order valence-corrected chi connectivity index (χ4v) is 4.38. The monoisotopic (exact) mass is 489 g/mol. The Morgan fingerprint density at radius 1 is 1.19 bits per heavy atom. The van der Waals surface area contributed by atoms with Gasteiger partial charge in [-0.2, -0.15) is 0 Å². The molecule has 0 aromatic carbocycles. The van der Waals surface area contributed by atoms with Crippen LogP contribution in [-0.2, 0) is 18.4 Å². The van der Waals surface area contributed by atoms with E-state index in [9.17, 15) is 9.90 Å². The van der Waals surface area contributed by atoms with Crippen LogP contribution in [0, 0.1) is 12.8 Å². The van der Waals surface area contributed by atoms with Gasteiger partial charge in [0.1, 0.15) is 35.9 Å². The smallest absolute Gasteiger partial charge is 0.306 e.